The highest BCUT2D eigenvalue weighted by Crippen LogP contribution is 2.41. The molecule has 0 bridgehead atoms. The normalized spacial score (nSPS) is 16.7. The summed E-state index contributed by atoms with van der Waals surface area (Å²) in [5.74, 6) is -0.261. The molecule has 0 aliphatic rings. The van der Waals surface area contributed by atoms with Gasteiger partial charge in [-0.1, -0.05) is 73.7 Å². The van der Waals surface area contributed by atoms with Crippen molar-refractivity contribution in [3.8, 4) is 0 Å². The first-order chi connectivity index (χ1) is 10.1. The zero-order valence-corrected chi connectivity index (χ0v) is 12.3. The van der Waals surface area contributed by atoms with E-state index in [-0.39, 0.29) is 12.5 Å². The number of aliphatic hydroxyl groups is 2. The van der Waals surface area contributed by atoms with E-state index in [0.29, 0.717) is 0 Å². The monoisotopic (exact) mass is 282 g/mol. The van der Waals surface area contributed by atoms with Crippen molar-refractivity contribution in [3.05, 3.63) is 84.4 Å². The van der Waals surface area contributed by atoms with Crippen LogP contribution in [0, 0.1) is 0 Å². The lowest BCUT2D eigenvalue weighted by Crippen LogP contribution is -2.40. The van der Waals surface area contributed by atoms with Crippen molar-refractivity contribution < 1.29 is 10.2 Å². The average molecular weight is 282 g/mol. The van der Waals surface area contributed by atoms with E-state index in [9.17, 15) is 10.2 Å². The van der Waals surface area contributed by atoms with Crippen LogP contribution in [0.15, 0.2) is 73.3 Å². The molecular weight excluding hydrogens is 260 g/mol. The van der Waals surface area contributed by atoms with E-state index in [1.165, 1.54) is 6.08 Å². The van der Waals surface area contributed by atoms with E-state index >= 15 is 0 Å². The summed E-state index contributed by atoms with van der Waals surface area (Å²) in [5, 5.41) is 20.5. The van der Waals surface area contributed by atoms with Crippen LogP contribution in [0.3, 0.4) is 0 Å². The zero-order valence-electron chi connectivity index (χ0n) is 12.3. The van der Waals surface area contributed by atoms with Gasteiger partial charge in [-0.3, -0.25) is 0 Å². The number of benzene rings is 2. The Morgan fingerprint density at radius 1 is 1.05 bits per heavy atom. The highest BCUT2D eigenvalue weighted by Gasteiger charge is 2.39. The van der Waals surface area contributed by atoms with Crippen LogP contribution in [0.1, 0.15) is 24.0 Å². The van der Waals surface area contributed by atoms with Crippen molar-refractivity contribution in [1.29, 1.82) is 0 Å². The van der Waals surface area contributed by atoms with Gasteiger partial charge in [-0.25, -0.2) is 0 Å². The Labute approximate surface area is 126 Å². The molecule has 0 spiro atoms. The summed E-state index contributed by atoms with van der Waals surface area (Å²) in [7, 11) is 0. The molecule has 110 valence electrons. The first-order valence-electron chi connectivity index (χ1n) is 7.15. The largest absolute Gasteiger partial charge is 0.395 e. The second-order valence-corrected chi connectivity index (χ2v) is 5.56. The minimum atomic E-state index is -0.732. The maximum atomic E-state index is 10.5. The van der Waals surface area contributed by atoms with Gasteiger partial charge < -0.3 is 10.2 Å². The van der Waals surface area contributed by atoms with Crippen molar-refractivity contribution in [1.82, 2.24) is 0 Å². The van der Waals surface area contributed by atoms with Gasteiger partial charge in [0.05, 0.1) is 12.7 Å². The summed E-state index contributed by atoms with van der Waals surface area (Å²) >= 11 is 0. The van der Waals surface area contributed by atoms with Gasteiger partial charge in [0.2, 0.25) is 0 Å². The Bertz CT molecular complexity index is 565. The van der Waals surface area contributed by atoms with Gasteiger partial charge in [0.15, 0.2) is 0 Å². The Balaban J connectivity index is 2.55. The van der Waals surface area contributed by atoms with Crippen LogP contribution in [-0.2, 0) is 5.41 Å². The van der Waals surface area contributed by atoms with Gasteiger partial charge in [0.1, 0.15) is 0 Å². The van der Waals surface area contributed by atoms with Crippen LogP contribution >= 0.6 is 0 Å². The van der Waals surface area contributed by atoms with E-state index in [0.717, 1.165) is 11.1 Å². The van der Waals surface area contributed by atoms with Gasteiger partial charge in [-0.15, -0.1) is 6.58 Å². The molecule has 0 fully saturated rings. The Morgan fingerprint density at radius 3 is 2.05 bits per heavy atom. The van der Waals surface area contributed by atoms with Gasteiger partial charge >= 0.3 is 0 Å². The topological polar surface area (TPSA) is 40.5 Å². The molecule has 2 rings (SSSR count). The molecule has 3 unspecified atom stereocenters. The summed E-state index contributed by atoms with van der Waals surface area (Å²) in [6.45, 7) is 5.64. The van der Waals surface area contributed by atoms with Crippen molar-refractivity contribution in [3.63, 3.8) is 0 Å². The minimum Gasteiger partial charge on any atom is -0.395 e. The lowest BCUT2D eigenvalue weighted by atomic mass is 9.67. The summed E-state index contributed by atoms with van der Waals surface area (Å²) in [6, 6.07) is 19.6. The van der Waals surface area contributed by atoms with E-state index in [1.807, 2.05) is 67.6 Å². The van der Waals surface area contributed by atoms with Crippen LogP contribution < -0.4 is 0 Å². The highest BCUT2D eigenvalue weighted by molar-refractivity contribution is 5.35. The molecule has 2 nitrogen and oxygen atoms in total. The van der Waals surface area contributed by atoms with Crippen molar-refractivity contribution >= 4 is 0 Å². The standard InChI is InChI=1S/C19H22O2/c1-3-17(21)18(15-10-6-4-7-11-15)19(2,14-20)16-12-8-5-9-13-16/h3-13,17-18,20-21H,1,14H2,2H3. The lowest BCUT2D eigenvalue weighted by molar-refractivity contribution is 0.103. The number of hydrogen-bond acceptors (Lipinski definition) is 2. The maximum absolute atomic E-state index is 10.5. The number of aliphatic hydroxyl groups excluding tert-OH is 2. The molecule has 0 heterocycles. The first-order valence-corrected chi connectivity index (χ1v) is 7.15. The summed E-state index contributed by atoms with van der Waals surface area (Å²) in [6.07, 6.45) is 0.805. The average Bonchev–Trinajstić information content (AvgIpc) is 2.56. The van der Waals surface area contributed by atoms with Gasteiger partial charge in [0, 0.05) is 11.3 Å². The quantitative estimate of drug-likeness (QED) is 0.798. The van der Waals surface area contributed by atoms with E-state index in [1.54, 1.807) is 0 Å². The van der Waals surface area contributed by atoms with Gasteiger partial charge in [-0.05, 0) is 11.1 Å². The summed E-state index contributed by atoms with van der Waals surface area (Å²) in [5.41, 5.74) is 1.41. The molecule has 2 aromatic rings. The predicted octanol–water partition coefficient (Wildman–Crippen LogP) is 3.27. The van der Waals surface area contributed by atoms with Crippen LogP contribution in [-0.4, -0.2) is 22.9 Å². The fourth-order valence-corrected chi connectivity index (χ4v) is 2.93. The number of rotatable bonds is 6. The van der Waals surface area contributed by atoms with Crippen molar-refractivity contribution in [2.75, 3.05) is 6.61 Å². The molecule has 0 amide bonds. The predicted molar refractivity (Wildman–Crippen MR) is 86.3 cm³/mol. The van der Waals surface area contributed by atoms with Crippen molar-refractivity contribution in [2.45, 2.75) is 24.4 Å². The Morgan fingerprint density at radius 2 is 1.57 bits per heavy atom. The van der Waals surface area contributed by atoms with E-state index in [2.05, 4.69) is 6.58 Å². The van der Waals surface area contributed by atoms with Crippen LogP contribution in [0.25, 0.3) is 0 Å². The molecule has 2 N–H and O–H groups in total. The van der Waals surface area contributed by atoms with Crippen molar-refractivity contribution in [2.24, 2.45) is 0 Å². The number of hydrogen-bond donors (Lipinski definition) is 2. The summed E-state index contributed by atoms with van der Waals surface area (Å²) in [4.78, 5) is 0. The highest BCUT2D eigenvalue weighted by atomic mass is 16.3. The zero-order chi connectivity index (χ0) is 15.3. The third-order valence-electron chi connectivity index (χ3n) is 4.19. The molecule has 0 radical (unpaired) electrons. The molecule has 21 heavy (non-hydrogen) atoms. The minimum absolute atomic E-state index is 0.0541. The third-order valence-corrected chi connectivity index (χ3v) is 4.19. The Kier molecular flexibility index (Phi) is 4.94. The second kappa shape index (κ2) is 6.70. The smallest absolute Gasteiger partial charge is 0.0796 e. The SMILES string of the molecule is C=CC(O)C(c1ccccc1)C(C)(CO)c1ccccc1. The first kappa shape index (κ1) is 15.5. The molecule has 2 aromatic carbocycles. The van der Waals surface area contributed by atoms with E-state index in [4.69, 9.17) is 0 Å². The molecule has 0 aliphatic carbocycles. The third kappa shape index (κ3) is 3.07. The van der Waals surface area contributed by atoms with E-state index < -0.39 is 11.5 Å². The van der Waals surface area contributed by atoms with Gasteiger partial charge in [0.25, 0.3) is 0 Å². The van der Waals surface area contributed by atoms with Crippen LogP contribution in [0.5, 0.6) is 0 Å². The molecule has 0 aromatic heterocycles. The lowest BCUT2D eigenvalue weighted by Gasteiger charge is -2.39. The maximum Gasteiger partial charge on any atom is 0.0796 e. The fourth-order valence-electron chi connectivity index (χ4n) is 2.93. The fraction of sp³-hybridized carbons (Fsp3) is 0.263. The van der Waals surface area contributed by atoms with Crippen LogP contribution in [0.4, 0.5) is 0 Å². The second-order valence-electron chi connectivity index (χ2n) is 5.56. The van der Waals surface area contributed by atoms with Gasteiger partial charge in [-0.2, -0.15) is 0 Å². The van der Waals surface area contributed by atoms with Crippen LogP contribution in [0.2, 0.25) is 0 Å². The molecule has 3 atom stereocenters. The molecular formula is C19H22O2. The summed E-state index contributed by atoms with van der Waals surface area (Å²) < 4.78 is 0. The molecule has 0 saturated carbocycles. The molecule has 0 saturated heterocycles. The molecule has 2 heteroatoms. The molecule has 0 aliphatic heterocycles. The Hall–Kier alpha value is -1.90.